The van der Waals surface area contributed by atoms with Gasteiger partial charge in [-0.15, -0.1) is 0 Å². The Hall–Kier alpha value is -2.48. The van der Waals surface area contributed by atoms with Crippen LogP contribution in [-0.4, -0.2) is 34.4 Å². The summed E-state index contributed by atoms with van der Waals surface area (Å²) in [4.78, 5) is 24.7. The molecular formula is C15H14ClF2N3O3. The number of nitrogens with zero attached hydrogens (tertiary/aromatic N) is 3. The van der Waals surface area contributed by atoms with Gasteiger partial charge in [0, 0.05) is 19.7 Å². The van der Waals surface area contributed by atoms with E-state index in [4.69, 9.17) is 16.7 Å². The van der Waals surface area contributed by atoms with E-state index in [1.54, 1.807) is 7.05 Å². The van der Waals surface area contributed by atoms with Gasteiger partial charge in [-0.25, -0.2) is 8.78 Å². The number of hydrogen-bond donors (Lipinski definition) is 1. The summed E-state index contributed by atoms with van der Waals surface area (Å²) in [5.41, 5.74) is -0.820. The molecule has 1 aromatic carbocycles. The SMILES string of the molecule is CC(CN(C)c1cnn(-c2ccc(F)cc2F)c(=O)c1Cl)C(=O)O. The molecule has 1 atom stereocenters. The van der Waals surface area contributed by atoms with Gasteiger partial charge in [-0.3, -0.25) is 9.59 Å². The number of carboxylic acid groups (broad SMARTS) is 1. The second-order valence-corrected chi connectivity index (χ2v) is 5.65. The number of carboxylic acids is 1. The van der Waals surface area contributed by atoms with E-state index in [2.05, 4.69) is 5.10 Å². The highest BCUT2D eigenvalue weighted by Gasteiger charge is 2.19. The Morgan fingerprint density at radius 2 is 2.12 bits per heavy atom. The summed E-state index contributed by atoms with van der Waals surface area (Å²) >= 11 is 6.03. The van der Waals surface area contributed by atoms with E-state index in [9.17, 15) is 18.4 Å². The van der Waals surface area contributed by atoms with Crippen LogP contribution in [-0.2, 0) is 4.79 Å². The molecule has 1 heterocycles. The fourth-order valence-corrected chi connectivity index (χ4v) is 2.38. The minimum atomic E-state index is -0.993. The van der Waals surface area contributed by atoms with E-state index >= 15 is 0 Å². The highest BCUT2D eigenvalue weighted by atomic mass is 35.5. The molecule has 0 bridgehead atoms. The number of aromatic nitrogens is 2. The smallest absolute Gasteiger partial charge is 0.308 e. The second-order valence-electron chi connectivity index (χ2n) is 5.28. The monoisotopic (exact) mass is 357 g/mol. The maximum absolute atomic E-state index is 13.8. The summed E-state index contributed by atoms with van der Waals surface area (Å²) in [5.74, 6) is -3.42. The van der Waals surface area contributed by atoms with Gasteiger partial charge in [0.15, 0.2) is 5.82 Å². The van der Waals surface area contributed by atoms with Crippen molar-refractivity contribution in [3.05, 3.63) is 51.4 Å². The first-order valence-corrected chi connectivity index (χ1v) is 7.27. The largest absolute Gasteiger partial charge is 0.481 e. The van der Waals surface area contributed by atoms with Crippen LogP contribution in [0.5, 0.6) is 0 Å². The Bertz CT molecular complexity index is 841. The van der Waals surface area contributed by atoms with Gasteiger partial charge in [0.1, 0.15) is 16.5 Å². The van der Waals surface area contributed by atoms with Gasteiger partial charge in [0.05, 0.1) is 17.8 Å². The Kier molecular flexibility index (Phi) is 5.18. The molecule has 0 amide bonds. The van der Waals surface area contributed by atoms with E-state index in [-0.39, 0.29) is 22.9 Å². The van der Waals surface area contributed by atoms with Gasteiger partial charge in [0.25, 0.3) is 5.56 Å². The van der Waals surface area contributed by atoms with E-state index in [1.165, 1.54) is 18.0 Å². The first-order chi connectivity index (χ1) is 11.2. The van der Waals surface area contributed by atoms with Crippen LogP contribution in [0.4, 0.5) is 14.5 Å². The molecule has 24 heavy (non-hydrogen) atoms. The third-order valence-corrected chi connectivity index (χ3v) is 3.77. The van der Waals surface area contributed by atoms with Crippen LogP contribution in [0.3, 0.4) is 0 Å². The number of aliphatic carboxylic acids is 1. The molecule has 2 aromatic rings. The van der Waals surface area contributed by atoms with Crippen LogP contribution in [0.25, 0.3) is 5.69 Å². The highest BCUT2D eigenvalue weighted by Crippen LogP contribution is 2.22. The van der Waals surface area contributed by atoms with Crippen molar-refractivity contribution in [2.24, 2.45) is 5.92 Å². The van der Waals surface area contributed by atoms with Crippen LogP contribution < -0.4 is 10.5 Å². The van der Waals surface area contributed by atoms with Crippen LogP contribution in [0.1, 0.15) is 6.92 Å². The molecule has 0 aliphatic heterocycles. The van der Waals surface area contributed by atoms with Crippen LogP contribution in [0.15, 0.2) is 29.2 Å². The quantitative estimate of drug-likeness (QED) is 0.888. The normalized spacial score (nSPS) is 12.0. The lowest BCUT2D eigenvalue weighted by atomic mass is 10.1. The first-order valence-electron chi connectivity index (χ1n) is 6.89. The third kappa shape index (κ3) is 3.53. The third-order valence-electron chi connectivity index (χ3n) is 3.42. The molecule has 2 rings (SSSR count). The van der Waals surface area contributed by atoms with Crippen molar-refractivity contribution < 1.29 is 18.7 Å². The molecule has 1 aromatic heterocycles. The average Bonchev–Trinajstić information content (AvgIpc) is 2.50. The molecule has 0 saturated heterocycles. The molecule has 0 aliphatic carbocycles. The lowest BCUT2D eigenvalue weighted by Crippen LogP contribution is -2.31. The molecular weight excluding hydrogens is 344 g/mol. The number of benzene rings is 1. The van der Waals surface area contributed by atoms with E-state index in [0.717, 1.165) is 16.8 Å². The van der Waals surface area contributed by atoms with Crippen molar-refractivity contribution in [1.29, 1.82) is 0 Å². The average molecular weight is 358 g/mol. The Balaban J connectivity index is 2.42. The van der Waals surface area contributed by atoms with E-state index < -0.39 is 29.1 Å². The van der Waals surface area contributed by atoms with Crippen molar-refractivity contribution in [2.45, 2.75) is 6.92 Å². The molecule has 0 fully saturated rings. The second kappa shape index (κ2) is 6.96. The van der Waals surface area contributed by atoms with Crippen molar-refractivity contribution in [2.75, 3.05) is 18.5 Å². The van der Waals surface area contributed by atoms with Gasteiger partial charge >= 0.3 is 5.97 Å². The summed E-state index contributed by atoms with van der Waals surface area (Å²) in [6.07, 6.45) is 1.22. The molecule has 1 N–H and O–H groups in total. The summed E-state index contributed by atoms with van der Waals surface area (Å²) < 4.78 is 27.5. The predicted molar refractivity (Wildman–Crippen MR) is 84.8 cm³/mol. The van der Waals surface area contributed by atoms with Gasteiger partial charge in [0.2, 0.25) is 0 Å². The lowest BCUT2D eigenvalue weighted by molar-refractivity contribution is -0.140. The summed E-state index contributed by atoms with van der Waals surface area (Å²) in [6.45, 7) is 1.61. The Morgan fingerprint density at radius 1 is 1.46 bits per heavy atom. The molecule has 0 spiro atoms. The maximum atomic E-state index is 13.8. The minimum Gasteiger partial charge on any atom is -0.481 e. The zero-order valence-corrected chi connectivity index (χ0v) is 13.6. The zero-order chi connectivity index (χ0) is 18.0. The van der Waals surface area contributed by atoms with Gasteiger partial charge in [-0.1, -0.05) is 18.5 Å². The van der Waals surface area contributed by atoms with Crippen LogP contribution in [0, 0.1) is 17.6 Å². The number of halogens is 3. The van der Waals surface area contributed by atoms with Gasteiger partial charge in [-0.05, 0) is 12.1 Å². The Labute approximate surface area is 140 Å². The van der Waals surface area contributed by atoms with Gasteiger partial charge < -0.3 is 10.0 Å². The summed E-state index contributed by atoms with van der Waals surface area (Å²) in [5, 5.41) is 12.5. The summed E-state index contributed by atoms with van der Waals surface area (Å²) in [7, 11) is 1.56. The lowest BCUT2D eigenvalue weighted by Gasteiger charge is -2.22. The molecule has 0 radical (unpaired) electrons. The van der Waals surface area contributed by atoms with Crippen molar-refractivity contribution in [3.63, 3.8) is 0 Å². The van der Waals surface area contributed by atoms with Crippen molar-refractivity contribution in [3.8, 4) is 5.69 Å². The van der Waals surface area contributed by atoms with Crippen LogP contribution in [0.2, 0.25) is 5.02 Å². The minimum absolute atomic E-state index is 0.102. The van der Waals surface area contributed by atoms with Crippen molar-refractivity contribution in [1.82, 2.24) is 9.78 Å². The topological polar surface area (TPSA) is 75.4 Å². The maximum Gasteiger partial charge on any atom is 0.308 e. The highest BCUT2D eigenvalue weighted by molar-refractivity contribution is 6.33. The molecule has 0 aliphatic rings. The summed E-state index contributed by atoms with van der Waals surface area (Å²) in [6, 6.07) is 2.70. The number of hydrogen-bond acceptors (Lipinski definition) is 4. The van der Waals surface area contributed by atoms with E-state index in [0.29, 0.717) is 6.07 Å². The fraction of sp³-hybridized carbons (Fsp3) is 0.267. The molecule has 1 unspecified atom stereocenters. The molecule has 128 valence electrons. The first kappa shape index (κ1) is 17.9. The predicted octanol–water partition coefficient (Wildman–Crippen LogP) is 2.32. The fourth-order valence-electron chi connectivity index (χ4n) is 2.10. The zero-order valence-electron chi connectivity index (χ0n) is 12.8. The van der Waals surface area contributed by atoms with Crippen LogP contribution >= 0.6 is 11.6 Å². The Morgan fingerprint density at radius 3 is 2.71 bits per heavy atom. The van der Waals surface area contributed by atoms with Gasteiger partial charge in [-0.2, -0.15) is 9.78 Å². The molecule has 6 nitrogen and oxygen atoms in total. The number of carbonyl (C=O) groups is 1. The molecule has 0 saturated carbocycles. The molecule has 9 heteroatoms. The van der Waals surface area contributed by atoms with E-state index in [1.807, 2.05) is 0 Å². The van der Waals surface area contributed by atoms with Crippen molar-refractivity contribution >= 4 is 23.3 Å². The number of rotatable bonds is 5. The number of anilines is 1. The standard InChI is InChI=1S/C15H14ClF2N3O3/c1-8(15(23)24)7-20(2)12-6-19-21(14(22)13(12)16)11-4-3-9(17)5-10(11)18/h3-6,8H,7H2,1-2H3,(H,23,24).